The van der Waals surface area contributed by atoms with E-state index in [0.29, 0.717) is 21.5 Å². The van der Waals surface area contributed by atoms with Crippen molar-refractivity contribution in [1.29, 1.82) is 0 Å². The van der Waals surface area contributed by atoms with Crippen molar-refractivity contribution in [2.75, 3.05) is 12.4 Å². The Morgan fingerprint density at radius 3 is 2.50 bits per heavy atom. The van der Waals surface area contributed by atoms with Crippen LogP contribution in [-0.4, -0.2) is 24.1 Å². The second kappa shape index (κ2) is 6.81. The Kier molecular flexibility index (Phi) is 5.05. The largest absolute Gasteiger partial charge is 0.496 e. The Morgan fingerprint density at radius 2 is 1.95 bits per heavy atom. The van der Waals surface area contributed by atoms with E-state index in [1.54, 1.807) is 18.2 Å². The van der Waals surface area contributed by atoms with Crippen molar-refractivity contribution in [1.82, 2.24) is 0 Å². The number of carbonyl (C=O) groups is 2. The Labute approximate surface area is 140 Å². The number of hydrogen-bond acceptors (Lipinski definition) is 3. The van der Waals surface area contributed by atoms with Crippen molar-refractivity contribution < 1.29 is 19.4 Å². The van der Waals surface area contributed by atoms with E-state index < -0.39 is 5.97 Å². The molecule has 0 atom stereocenters. The van der Waals surface area contributed by atoms with E-state index >= 15 is 0 Å². The number of carboxylic acids is 1. The fraction of sp³-hybridized carbons (Fsp3) is 0.0667. The summed E-state index contributed by atoms with van der Waals surface area (Å²) in [6, 6.07) is 9.12. The van der Waals surface area contributed by atoms with Crippen LogP contribution in [0.15, 0.2) is 40.9 Å². The van der Waals surface area contributed by atoms with E-state index in [4.69, 9.17) is 21.4 Å². The summed E-state index contributed by atoms with van der Waals surface area (Å²) in [5.74, 6) is -0.852. The lowest BCUT2D eigenvalue weighted by Crippen LogP contribution is -2.12. The van der Waals surface area contributed by atoms with E-state index in [1.807, 2.05) is 0 Å². The van der Waals surface area contributed by atoms with Crippen LogP contribution >= 0.6 is 27.5 Å². The minimum Gasteiger partial charge on any atom is -0.496 e. The molecule has 2 N–H and O–H groups in total. The number of hydrogen-bond donors (Lipinski definition) is 2. The monoisotopic (exact) mass is 383 g/mol. The van der Waals surface area contributed by atoms with Crippen molar-refractivity contribution in [3.8, 4) is 5.75 Å². The zero-order chi connectivity index (χ0) is 16.3. The molecule has 2 rings (SSSR count). The molecule has 0 aliphatic carbocycles. The van der Waals surface area contributed by atoms with E-state index in [0.717, 1.165) is 0 Å². The normalized spacial score (nSPS) is 10.1. The molecule has 0 bridgehead atoms. The number of halogens is 2. The van der Waals surface area contributed by atoms with Crippen LogP contribution in [0.3, 0.4) is 0 Å². The molecule has 0 spiro atoms. The Morgan fingerprint density at radius 1 is 1.23 bits per heavy atom. The fourth-order valence-corrected chi connectivity index (χ4v) is 2.58. The highest BCUT2D eigenvalue weighted by atomic mass is 79.9. The van der Waals surface area contributed by atoms with E-state index in [-0.39, 0.29) is 16.5 Å². The maximum absolute atomic E-state index is 12.2. The van der Waals surface area contributed by atoms with Gasteiger partial charge in [-0.15, -0.1) is 0 Å². The number of carbonyl (C=O) groups excluding carboxylic acids is 1. The summed E-state index contributed by atoms with van der Waals surface area (Å²) in [6.07, 6.45) is 0. The number of aromatic carboxylic acids is 1. The SMILES string of the molecule is COc1ccc(C(=O)Nc2ccc(C(=O)O)c(Cl)c2)cc1Br. The summed E-state index contributed by atoms with van der Waals surface area (Å²) >= 11 is 9.17. The zero-order valence-corrected chi connectivity index (χ0v) is 13.7. The number of amides is 1. The number of rotatable bonds is 4. The average molecular weight is 385 g/mol. The smallest absolute Gasteiger partial charge is 0.337 e. The number of carboxylic acid groups (broad SMARTS) is 1. The van der Waals surface area contributed by atoms with Gasteiger partial charge >= 0.3 is 5.97 Å². The van der Waals surface area contributed by atoms with Gasteiger partial charge in [-0.05, 0) is 52.3 Å². The molecule has 0 unspecified atom stereocenters. The summed E-state index contributed by atoms with van der Waals surface area (Å²) in [4.78, 5) is 23.0. The van der Waals surface area contributed by atoms with Crippen LogP contribution in [0.1, 0.15) is 20.7 Å². The van der Waals surface area contributed by atoms with Gasteiger partial charge in [0.15, 0.2) is 0 Å². The number of methoxy groups -OCH3 is 1. The molecule has 22 heavy (non-hydrogen) atoms. The van der Waals surface area contributed by atoms with Crippen molar-refractivity contribution in [2.24, 2.45) is 0 Å². The molecule has 0 aromatic heterocycles. The van der Waals surface area contributed by atoms with Gasteiger partial charge in [-0.25, -0.2) is 4.79 Å². The summed E-state index contributed by atoms with van der Waals surface area (Å²) in [5, 5.41) is 11.6. The predicted molar refractivity (Wildman–Crippen MR) is 87.1 cm³/mol. The van der Waals surface area contributed by atoms with Crippen LogP contribution < -0.4 is 10.1 Å². The number of ether oxygens (including phenoxy) is 1. The van der Waals surface area contributed by atoms with Gasteiger partial charge in [0.2, 0.25) is 0 Å². The standard InChI is InChI=1S/C15H11BrClNO4/c1-22-13-5-2-8(6-11(13)16)14(19)18-9-3-4-10(15(20)21)12(17)7-9/h2-7H,1H3,(H,18,19)(H,20,21). The van der Waals surface area contributed by atoms with Gasteiger partial charge < -0.3 is 15.2 Å². The highest BCUT2D eigenvalue weighted by Gasteiger charge is 2.12. The molecule has 2 aromatic carbocycles. The average Bonchev–Trinajstić information content (AvgIpc) is 2.46. The van der Waals surface area contributed by atoms with Crippen LogP contribution in [0.4, 0.5) is 5.69 Å². The van der Waals surface area contributed by atoms with Gasteiger partial charge in [0.1, 0.15) is 5.75 Å². The van der Waals surface area contributed by atoms with E-state index in [9.17, 15) is 9.59 Å². The van der Waals surface area contributed by atoms with Crippen LogP contribution in [0.2, 0.25) is 5.02 Å². The third kappa shape index (κ3) is 3.58. The lowest BCUT2D eigenvalue weighted by atomic mass is 10.1. The van der Waals surface area contributed by atoms with Gasteiger partial charge in [-0.1, -0.05) is 11.6 Å². The number of nitrogens with one attached hydrogen (secondary N) is 1. The minimum atomic E-state index is -1.12. The zero-order valence-electron chi connectivity index (χ0n) is 11.4. The molecule has 0 saturated heterocycles. The number of anilines is 1. The van der Waals surface area contributed by atoms with Crippen molar-refractivity contribution in [3.63, 3.8) is 0 Å². The van der Waals surface area contributed by atoms with Gasteiger partial charge in [0.05, 0.1) is 22.2 Å². The van der Waals surface area contributed by atoms with Gasteiger partial charge in [-0.2, -0.15) is 0 Å². The van der Waals surface area contributed by atoms with Crippen molar-refractivity contribution in [3.05, 3.63) is 57.0 Å². The first kappa shape index (κ1) is 16.3. The van der Waals surface area contributed by atoms with Crippen molar-refractivity contribution in [2.45, 2.75) is 0 Å². The lowest BCUT2D eigenvalue weighted by Gasteiger charge is -2.09. The first-order valence-corrected chi connectivity index (χ1v) is 7.27. The molecular formula is C15H11BrClNO4. The van der Waals surface area contributed by atoms with Crippen molar-refractivity contribution >= 4 is 45.1 Å². The maximum atomic E-state index is 12.2. The molecule has 0 saturated carbocycles. The molecule has 1 amide bonds. The summed E-state index contributed by atoms with van der Waals surface area (Å²) in [5.41, 5.74) is 0.810. The van der Waals surface area contributed by atoms with Gasteiger partial charge in [0.25, 0.3) is 5.91 Å². The number of benzene rings is 2. The van der Waals surface area contributed by atoms with Gasteiger partial charge in [0, 0.05) is 11.3 Å². The van der Waals surface area contributed by atoms with Crippen LogP contribution in [-0.2, 0) is 0 Å². The molecule has 0 fully saturated rings. The molecule has 114 valence electrons. The first-order chi connectivity index (χ1) is 10.4. The Bertz CT molecular complexity index is 748. The second-order valence-electron chi connectivity index (χ2n) is 4.30. The van der Waals surface area contributed by atoms with Gasteiger partial charge in [-0.3, -0.25) is 4.79 Å². The summed E-state index contributed by atoms with van der Waals surface area (Å²) in [6.45, 7) is 0. The lowest BCUT2D eigenvalue weighted by molar-refractivity contribution is 0.0697. The maximum Gasteiger partial charge on any atom is 0.337 e. The molecule has 2 aromatic rings. The van der Waals surface area contributed by atoms with Crippen LogP contribution in [0.5, 0.6) is 5.75 Å². The van der Waals surface area contributed by atoms with Crippen LogP contribution in [0, 0.1) is 0 Å². The molecule has 7 heteroatoms. The summed E-state index contributed by atoms with van der Waals surface area (Å²) in [7, 11) is 1.53. The highest BCUT2D eigenvalue weighted by Crippen LogP contribution is 2.26. The highest BCUT2D eigenvalue weighted by molar-refractivity contribution is 9.10. The molecule has 5 nitrogen and oxygen atoms in total. The van der Waals surface area contributed by atoms with E-state index in [2.05, 4.69) is 21.2 Å². The Balaban J connectivity index is 2.20. The quantitative estimate of drug-likeness (QED) is 0.833. The minimum absolute atomic E-state index is 0.0214. The molecular weight excluding hydrogens is 374 g/mol. The topological polar surface area (TPSA) is 75.6 Å². The summed E-state index contributed by atoms with van der Waals surface area (Å²) < 4.78 is 5.75. The van der Waals surface area contributed by atoms with Crippen LogP contribution in [0.25, 0.3) is 0 Å². The molecule has 0 heterocycles. The molecule has 0 radical (unpaired) electrons. The second-order valence-corrected chi connectivity index (χ2v) is 5.56. The molecule has 0 aliphatic heterocycles. The predicted octanol–water partition coefficient (Wildman–Crippen LogP) is 4.06. The van der Waals surface area contributed by atoms with E-state index in [1.165, 1.54) is 25.3 Å². The first-order valence-electron chi connectivity index (χ1n) is 6.10. The third-order valence-corrected chi connectivity index (χ3v) is 3.80. The third-order valence-electron chi connectivity index (χ3n) is 2.87. The fourth-order valence-electron chi connectivity index (χ4n) is 1.78. The Hall–Kier alpha value is -2.05. The molecule has 0 aliphatic rings.